The number of rotatable bonds is 5. The second-order valence-electron chi connectivity index (χ2n) is 12.1. The van der Waals surface area contributed by atoms with Crippen molar-refractivity contribution in [3.05, 3.63) is 0 Å². The van der Waals surface area contributed by atoms with Crippen LogP contribution in [0.3, 0.4) is 0 Å². The maximum Gasteiger partial charge on any atom is 0.407 e. The molecule has 4 fully saturated rings. The number of methoxy groups -OCH3 is 1. The number of nitrogens with two attached hydrogens (primary N) is 2. The Bertz CT molecular complexity index is 805. The highest BCUT2D eigenvalue weighted by molar-refractivity contribution is 5.74. The zero-order valence-corrected chi connectivity index (χ0v) is 21.4. The number of esters is 1. The van der Waals surface area contributed by atoms with E-state index in [4.69, 9.17) is 20.9 Å². The fourth-order valence-electron chi connectivity index (χ4n) is 8.66. The standard InChI is InChI=1S/C26H45N3O5/c1-5-17(15-30)34-22(32)29-16-6-10-23(2)18-7-11-24(3)20(21(31)33-4)9-13-26(24,28)19(18)8-12-25(23,27)14-16/h16-20,30H,5-15,27-28H2,1-4H3,(H,29,32). The van der Waals surface area contributed by atoms with Crippen LogP contribution in [0.15, 0.2) is 0 Å². The van der Waals surface area contributed by atoms with Crippen molar-refractivity contribution in [3.63, 3.8) is 0 Å². The number of amides is 1. The average molecular weight is 480 g/mol. The quantitative estimate of drug-likeness (QED) is 0.445. The van der Waals surface area contributed by atoms with E-state index in [1.165, 1.54) is 7.11 Å². The fourth-order valence-corrected chi connectivity index (χ4v) is 8.66. The smallest absolute Gasteiger partial charge is 0.407 e. The molecule has 4 saturated carbocycles. The van der Waals surface area contributed by atoms with Crippen LogP contribution in [0.2, 0.25) is 0 Å². The first-order valence-corrected chi connectivity index (χ1v) is 13.2. The first-order chi connectivity index (χ1) is 16.0. The summed E-state index contributed by atoms with van der Waals surface area (Å²) in [7, 11) is 1.48. The van der Waals surface area contributed by atoms with Crippen LogP contribution >= 0.6 is 0 Å². The highest BCUT2D eigenvalue weighted by Crippen LogP contribution is 2.68. The number of carbonyl (C=O) groups excluding carboxylic acids is 2. The third kappa shape index (κ3) is 3.66. The molecule has 4 aliphatic carbocycles. The van der Waals surface area contributed by atoms with E-state index in [1.54, 1.807) is 0 Å². The molecule has 0 aromatic carbocycles. The third-order valence-corrected chi connectivity index (χ3v) is 11.0. The lowest BCUT2D eigenvalue weighted by Gasteiger charge is -2.67. The van der Waals surface area contributed by atoms with E-state index in [0.717, 1.165) is 57.8 Å². The van der Waals surface area contributed by atoms with Crippen LogP contribution in [0.5, 0.6) is 0 Å². The Morgan fingerprint density at radius 2 is 1.71 bits per heavy atom. The van der Waals surface area contributed by atoms with Crippen LogP contribution in [0.4, 0.5) is 4.79 Å². The summed E-state index contributed by atoms with van der Waals surface area (Å²) in [4.78, 5) is 25.0. The van der Waals surface area contributed by atoms with Crippen LogP contribution < -0.4 is 16.8 Å². The molecule has 0 spiro atoms. The highest BCUT2D eigenvalue weighted by Gasteiger charge is 2.69. The highest BCUT2D eigenvalue weighted by atomic mass is 16.6. The van der Waals surface area contributed by atoms with Gasteiger partial charge in [0.2, 0.25) is 0 Å². The molecule has 9 atom stereocenters. The van der Waals surface area contributed by atoms with Crippen molar-refractivity contribution in [2.75, 3.05) is 13.7 Å². The van der Waals surface area contributed by atoms with E-state index in [1.807, 2.05) is 6.92 Å². The van der Waals surface area contributed by atoms with E-state index in [0.29, 0.717) is 18.3 Å². The number of hydrogen-bond donors (Lipinski definition) is 4. The minimum absolute atomic E-state index is 0.0331. The summed E-state index contributed by atoms with van der Waals surface area (Å²) in [5, 5.41) is 12.3. The summed E-state index contributed by atoms with van der Waals surface area (Å²) < 4.78 is 10.5. The zero-order valence-electron chi connectivity index (χ0n) is 21.4. The minimum atomic E-state index is -0.478. The number of hydrogen-bond acceptors (Lipinski definition) is 7. The predicted molar refractivity (Wildman–Crippen MR) is 129 cm³/mol. The number of ether oxygens (including phenoxy) is 2. The van der Waals surface area contributed by atoms with Gasteiger partial charge in [0.1, 0.15) is 6.10 Å². The number of carbonyl (C=O) groups is 2. The Labute approximate surface area is 203 Å². The van der Waals surface area contributed by atoms with Gasteiger partial charge in [-0.15, -0.1) is 0 Å². The molecule has 4 aliphatic rings. The molecule has 0 aliphatic heterocycles. The largest absolute Gasteiger partial charge is 0.469 e. The maximum atomic E-state index is 12.6. The van der Waals surface area contributed by atoms with Crippen molar-refractivity contribution in [3.8, 4) is 0 Å². The molecule has 9 unspecified atom stereocenters. The Balaban J connectivity index is 1.50. The van der Waals surface area contributed by atoms with Gasteiger partial charge >= 0.3 is 12.1 Å². The topological polar surface area (TPSA) is 137 Å². The zero-order chi connectivity index (χ0) is 24.9. The van der Waals surface area contributed by atoms with Crippen molar-refractivity contribution >= 4 is 12.1 Å². The van der Waals surface area contributed by atoms with E-state index in [-0.39, 0.29) is 46.4 Å². The fraction of sp³-hybridized carbons (Fsp3) is 0.923. The third-order valence-electron chi connectivity index (χ3n) is 11.0. The SMILES string of the molecule is CCC(CO)OC(=O)NC1CCC2(C)C3CCC4(C)C(C(=O)OC)CCC4(N)C3CCC2(N)C1. The Morgan fingerprint density at radius 1 is 1.03 bits per heavy atom. The molecule has 0 aromatic rings. The molecule has 1 amide bonds. The van der Waals surface area contributed by atoms with Gasteiger partial charge in [0, 0.05) is 17.1 Å². The second-order valence-corrected chi connectivity index (χ2v) is 12.1. The van der Waals surface area contributed by atoms with Crippen LogP contribution in [0.1, 0.15) is 85.0 Å². The normalized spacial score (nSPS) is 46.4. The van der Waals surface area contributed by atoms with Crippen molar-refractivity contribution < 1.29 is 24.2 Å². The van der Waals surface area contributed by atoms with Crippen LogP contribution in [-0.4, -0.2) is 54.1 Å². The predicted octanol–water partition coefficient (Wildman–Crippen LogP) is 2.85. The molecule has 0 saturated heterocycles. The molecule has 194 valence electrons. The molecule has 8 heteroatoms. The molecular weight excluding hydrogens is 434 g/mol. The molecule has 0 bridgehead atoms. The van der Waals surface area contributed by atoms with Gasteiger partial charge in [0.15, 0.2) is 0 Å². The van der Waals surface area contributed by atoms with Gasteiger partial charge in [-0.2, -0.15) is 0 Å². The lowest BCUT2D eigenvalue weighted by atomic mass is 9.40. The summed E-state index contributed by atoms with van der Waals surface area (Å²) in [6.45, 7) is 6.26. The van der Waals surface area contributed by atoms with Crippen LogP contribution in [-0.2, 0) is 14.3 Å². The molecule has 0 radical (unpaired) electrons. The number of fused-ring (bicyclic) bond motifs is 5. The molecule has 6 N–H and O–H groups in total. The summed E-state index contributed by atoms with van der Waals surface area (Å²) in [6.07, 6.45) is 7.55. The van der Waals surface area contributed by atoms with Gasteiger partial charge in [0.05, 0.1) is 19.6 Å². The van der Waals surface area contributed by atoms with Crippen molar-refractivity contribution in [2.45, 2.75) is 108 Å². The lowest BCUT2D eigenvalue weighted by Crippen LogP contribution is -2.72. The first-order valence-electron chi connectivity index (χ1n) is 13.2. The Hall–Kier alpha value is -1.38. The summed E-state index contributed by atoms with van der Waals surface area (Å²) in [5.41, 5.74) is 13.4. The number of aliphatic hydroxyl groups is 1. The van der Waals surface area contributed by atoms with E-state index < -0.39 is 12.2 Å². The summed E-state index contributed by atoms with van der Waals surface area (Å²) in [6, 6.07) is -0.0331. The van der Waals surface area contributed by atoms with Gasteiger partial charge < -0.3 is 31.4 Å². The number of nitrogens with one attached hydrogen (secondary N) is 1. The van der Waals surface area contributed by atoms with Crippen LogP contribution in [0.25, 0.3) is 0 Å². The Morgan fingerprint density at radius 3 is 2.35 bits per heavy atom. The van der Waals surface area contributed by atoms with E-state index in [2.05, 4.69) is 19.2 Å². The first kappa shape index (κ1) is 25.7. The van der Waals surface area contributed by atoms with Crippen molar-refractivity contribution in [1.29, 1.82) is 0 Å². The second kappa shape index (κ2) is 8.93. The minimum Gasteiger partial charge on any atom is -0.469 e. The summed E-state index contributed by atoms with van der Waals surface area (Å²) in [5.74, 6) is 0.505. The van der Waals surface area contributed by atoms with Gasteiger partial charge in [-0.05, 0) is 86.9 Å². The van der Waals surface area contributed by atoms with Gasteiger partial charge in [-0.1, -0.05) is 20.8 Å². The molecule has 0 aromatic heterocycles. The molecule has 34 heavy (non-hydrogen) atoms. The Kier molecular flexibility index (Phi) is 6.75. The average Bonchev–Trinajstić information content (AvgIpc) is 3.08. The lowest BCUT2D eigenvalue weighted by molar-refractivity contribution is -0.160. The number of aliphatic hydroxyl groups excluding tert-OH is 1. The monoisotopic (exact) mass is 479 g/mol. The van der Waals surface area contributed by atoms with Gasteiger partial charge in [-0.25, -0.2) is 4.79 Å². The van der Waals surface area contributed by atoms with E-state index in [9.17, 15) is 14.7 Å². The van der Waals surface area contributed by atoms with Crippen molar-refractivity contribution in [1.82, 2.24) is 5.32 Å². The van der Waals surface area contributed by atoms with Gasteiger partial charge in [0.25, 0.3) is 0 Å². The molecule has 4 rings (SSSR count). The van der Waals surface area contributed by atoms with Crippen LogP contribution in [0, 0.1) is 28.6 Å². The molecule has 0 heterocycles. The summed E-state index contributed by atoms with van der Waals surface area (Å²) >= 11 is 0. The van der Waals surface area contributed by atoms with Gasteiger partial charge in [-0.3, -0.25) is 4.79 Å². The van der Waals surface area contributed by atoms with E-state index >= 15 is 0 Å². The maximum absolute atomic E-state index is 12.6. The molecular formula is C26H45N3O5. The van der Waals surface area contributed by atoms with Crippen molar-refractivity contribution in [2.24, 2.45) is 40.1 Å². The number of alkyl carbamates (subject to hydrolysis) is 1. The molecule has 8 nitrogen and oxygen atoms in total.